The lowest BCUT2D eigenvalue weighted by atomic mass is 10.3. The van der Waals surface area contributed by atoms with E-state index in [1.165, 1.54) is 6.07 Å². The molecular formula is C13H16FN3O2. The van der Waals surface area contributed by atoms with Crippen molar-refractivity contribution < 1.29 is 14.2 Å². The number of aliphatic hydroxyl groups excluding tert-OH is 1. The fraction of sp³-hybridized carbons (Fsp3) is 0.385. The molecular weight excluding hydrogens is 249 g/mol. The fourth-order valence-corrected chi connectivity index (χ4v) is 1.63. The Morgan fingerprint density at radius 2 is 2.16 bits per heavy atom. The molecule has 0 saturated carbocycles. The van der Waals surface area contributed by atoms with E-state index in [1.54, 1.807) is 29.1 Å². The molecule has 1 N–H and O–H groups in total. The minimum absolute atomic E-state index is 0.142. The van der Waals surface area contributed by atoms with E-state index in [9.17, 15) is 4.39 Å². The van der Waals surface area contributed by atoms with Crippen molar-refractivity contribution in [3.8, 4) is 5.75 Å². The second-order valence-corrected chi connectivity index (χ2v) is 4.08. The molecule has 2 rings (SSSR count). The van der Waals surface area contributed by atoms with Crippen LogP contribution in [0.1, 0.15) is 12.1 Å². The summed E-state index contributed by atoms with van der Waals surface area (Å²) in [7, 11) is 0. The summed E-state index contributed by atoms with van der Waals surface area (Å²) in [5.74, 6) is -0.132. The van der Waals surface area contributed by atoms with Gasteiger partial charge in [-0.2, -0.15) is 0 Å². The van der Waals surface area contributed by atoms with E-state index >= 15 is 0 Å². The lowest BCUT2D eigenvalue weighted by Gasteiger charge is -2.06. The van der Waals surface area contributed by atoms with Gasteiger partial charge in [-0.25, -0.2) is 9.07 Å². The number of rotatable bonds is 7. The van der Waals surface area contributed by atoms with Gasteiger partial charge < -0.3 is 9.84 Å². The number of benzene rings is 1. The molecule has 2 aromatic rings. The number of ether oxygens (including phenoxy) is 1. The highest BCUT2D eigenvalue weighted by Gasteiger charge is 2.03. The Morgan fingerprint density at radius 1 is 1.32 bits per heavy atom. The number of nitrogens with zero attached hydrogens (tertiary/aromatic N) is 3. The van der Waals surface area contributed by atoms with Gasteiger partial charge in [0.25, 0.3) is 0 Å². The van der Waals surface area contributed by atoms with Gasteiger partial charge in [-0.3, -0.25) is 0 Å². The van der Waals surface area contributed by atoms with Crippen LogP contribution >= 0.6 is 0 Å². The predicted octanol–water partition coefficient (Wildman–Crippen LogP) is 1.42. The van der Waals surface area contributed by atoms with Gasteiger partial charge in [0.2, 0.25) is 0 Å². The van der Waals surface area contributed by atoms with Gasteiger partial charge in [-0.1, -0.05) is 17.3 Å². The van der Waals surface area contributed by atoms with Crippen molar-refractivity contribution in [2.45, 2.75) is 19.4 Å². The Labute approximate surface area is 110 Å². The zero-order valence-electron chi connectivity index (χ0n) is 10.5. The molecule has 6 heteroatoms. The van der Waals surface area contributed by atoms with Gasteiger partial charge >= 0.3 is 0 Å². The van der Waals surface area contributed by atoms with Crippen molar-refractivity contribution in [1.82, 2.24) is 15.0 Å². The summed E-state index contributed by atoms with van der Waals surface area (Å²) < 4.78 is 20.2. The second-order valence-electron chi connectivity index (χ2n) is 4.08. The third-order valence-corrected chi connectivity index (χ3v) is 2.59. The van der Waals surface area contributed by atoms with Crippen LogP contribution in [0.2, 0.25) is 0 Å². The first kappa shape index (κ1) is 13.5. The van der Waals surface area contributed by atoms with Crippen LogP contribution < -0.4 is 4.74 Å². The molecule has 1 heterocycles. The van der Waals surface area contributed by atoms with E-state index < -0.39 is 0 Å². The van der Waals surface area contributed by atoms with Crippen LogP contribution in [0, 0.1) is 5.82 Å². The SMILES string of the molecule is OCCCc1cn(CCOc2ccccc2F)nn1. The summed E-state index contributed by atoms with van der Waals surface area (Å²) in [4.78, 5) is 0. The standard InChI is InChI=1S/C13H16FN3O2/c14-12-5-1-2-6-13(12)19-9-7-17-10-11(15-16-17)4-3-8-18/h1-2,5-6,10,18H,3-4,7-9H2. The van der Waals surface area contributed by atoms with Gasteiger partial charge in [0.1, 0.15) is 6.61 Å². The Balaban J connectivity index is 1.79. The summed E-state index contributed by atoms with van der Waals surface area (Å²) in [5.41, 5.74) is 0.833. The van der Waals surface area contributed by atoms with Gasteiger partial charge in [0.15, 0.2) is 11.6 Å². The average Bonchev–Trinajstić information content (AvgIpc) is 2.86. The predicted molar refractivity (Wildman–Crippen MR) is 67.3 cm³/mol. The highest BCUT2D eigenvalue weighted by molar-refractivity contribution is 5.23. The molecule has 0 bridgehead atoms. The Hall–Kier alpha value is -1.95. The number of aryl methyl sites for hydroxylation is 1. The van der Waals surface area contributed by atoms with Crippen LogP contribution in [0.5, 0.6) is 5.75 Å². The molecule has 0 aliphatic rings. The Bertz CT molecular complexity index is 516. The highest BCUT2D eigenvalue weighted by atomic mass is 19.1. The molecule has 0 aliphatic carbocycles. The number of hydrogen-bond donors (Lipinski definition) is 1. The van der Waals surface area contributed by atoms with Gasteiger partial charge in [0, 0.05) is 12.8 Å². The summed E-state index contributed by atoms with van der Waals surface area (Å²) in [5, 5.41) is 16.6. The first-order valence-corrected chi connectivity index (χ1v) is 6.17. The van der Waals surface area contributed by atoms with Gasteiger partial charge in [-0.15, -0.1) is 5.10 Å². The largest absolute Gasteiger partial charge is 0.489 e. The molecule has 0 fully saturated rings. The lowest BCUT2D eigenvalue weighted by molar-refractivity contribution is 0.277. The van der Waals surface area contributed by atoms with Crippen LogP contribution in [0.3, 0.4) is 0 Å². The van der Waals surface area contributed by atoms with E-state index in [-0.39, 0.29) is 18.2 Å². The third-order valence-electron chi connectivity index (χ3n) is 2.59. The molecule has 102 valence electrons. The van der Waals surface area contributed by atoms with Crippen LogP contribution in [-0.4, -0.2) is 33.3 Å². The Kier molecular flexibility index (Phi) is 4.85. The number of aliphatic hydroxyl groups is 1. The van der Waals surface area contributed by atoms with Crippen molar-refractivity contribution in [3.63, 3.8) is 0 Å². The van der Waals surface area contributed by atoms with E-state index in [2.05, 4.69) is 10.3 Å². The van der Waals surface area contributed by atoms with Crippen LogP contribution in [0.15, 0.2) is 30.5 Å². The molecule has 5 nitrogen and oxygen atoms in total. The molecule has 19 heavy (non-hydrogen) atoms. The molecule has 0 saturated heterocycles. The molecule has 0 atom stereocenters. The smallest absolute Gasteiger partial charge is 0.165 e. The van der Waals surface area contributed by atoms with Crippen molar-refractivity contribution >= 4 is 0 Å². The van der Waals surface area contributed by atoms with Crippen molar-refractivity contribution in [2.75, 3.05) is 13.2 Å². The van der Waals surface area contributed by atoms with Crippen LogP contribution in [0.4, 0.5) is 4.39 Å². The van der Waals surface area contributed by atoms with Gasteiger partial charge in [0.05, 0.1) is 12.2 Å². The molecule has 0 radical (unpaired) electrons. The van der Waals surface area contributed by atoms with E-state index in [4.69, 9.17) is 9.84 Å². The van der Waals surface area contributed by atoms with E-state index in [0.29, 0.717) is 26.0 Å². The molecule has 0 amide bonds. The summed E-state index contributed by atoms with van der Waals surface area (Å²) >= 11 is 0. The maximum atomic E-state index is 13.3. The maximum absolute atomic E-state index is 13.3. The van der Waals surface area contributed by atoms with Gasteiger partial charge in [-0.05, 0) is 25.0 Å². The molecule has 1 aromatic heterocycles. The third kappa shape index (κ3) is 4.03. The quantitative estimate of drug-likeness (QED) is 0.822. The number of halogens is 1. The van der Waals surface area contributed by atoms with Crippen LogP contribution in [0.25, 0.3) is 0 Å². The van der Waals surface area contributed by atoms with Crippen molar-refractivity contribution in [2.24, 2.45) is 0 Å². The number of aromatic nitrogens is 3. The normalized spacial score (nSPS) is 10.6. The van der Waals surface area contributed by atoms with Crippen molar-refractivity contribution in [1.29, 1.82) is 0 Å². The summed E-state index contributed by atoms with van der Waals surface area (Å²) in [6.45, 7) is 0.966. The Morgan fingerprint density at radius 3 is 2.95 bits per heavy atom. The van der Waals surface area contributed by atoms with Crippen molar-refractivity contribution in [3.05, 3.63) is 42.0 Å². The summed E-state index contributed by atoms with van der Waals surface area (Å²) in [6.07, 6.45) is 3.18. The first-order valence-electron chi connectivity index (χ1n) is 6.17. The van der Waals surface area contributed by atoms with Crippen LogP contribution in [-0.2, 0) is 13.0 Å². The topological polar surface area (TPSA) is 60.2 Å². The van der Waals surface area contributed by atoms with E-state index in [1.807, 2.05) is 0 Å². The van der Waals surface area contributed by atoms with E-state index in [0.717, 1.165) is 5.69 Å². The number of para-hydroxylation sites is 1. The molecule has 1 aromatic carbocycles. The minimum atomic E-state index is -0.371. The maximum Gasteiger partial charge on any atom is 0.165 e. The molecule has 0 aliphatic heterocycles. The monoisotopic (exact) mass is 265 g/mol. The zero-order chi connectivity index (χ0) is 13.5. The minimum Gasteiger partial charge on any atom is -0.489 e. The molecule has 0 unspecified atom stereocenters. The highest BCUT2D eigenvalue weighted by Crippen LogP contribution is 2.15. The first-order chi connectivity index (χ1) is 9.29. The average molecular weight is 265 g/mol. The summed E-state index contributed by atoms with van der Waals surface area (Å²) in [6, 6.07) is 6.29. The lowest BCUT2D eigenvalue weighted by Crippen LogP contribution is -2.09. The zero-order valence-corrected chi connectivity index (χ0v) is 10.5. The fourth-order valence-electron chi connectivity index (χ4n) is 1.63. The molecule has 0 spiro atoms. The number of hydrogen-bond acceptors (Lipinski definition) is 4. The second kappa shape index (κ2) is 6.84.